The van der Waals surface area contributed by atoms with Gasteiger partial charge in [0.2, 0.25) is 5.91 Å². The van der Waals surface area contributed by atoms with Crippen molar-refractivity contribution in [3.8, 4) is 16.8 Å². The molecule has 1 aliphatic heterocycles. The molecule has 1 aliphatic rings. The van der Waals surface area contributed by atoms with Gasteiger partial charge in [-0.2, -0.15) is 5.10 Å². The molecule has 5 nitrogen and oxygen atoms in total. The zero-order chi connectivity index (χ0) is 16.9. The lowest BCUT2D eigenvalue weighted by Crippen LogP contribution is -2.33. The van der Waals surface area contributed by atoms with Crippen LogP contribution in [0.5, 0.6) is 0 Å². The van der Waals surface area contributed by atoms with E-state index < -0.39 is 5.41 Å². The lowest BCUT2D eigenvalue weighted by Gasteiger charge is -2.16. The Bertz CT molecular complexity index is 928. The highest BCUT2D eigenvalue weighted by Crippen LogP contribution is 2.42. The molecule has 0 unspecified atom stereocenters. The first kappa shape index (κ1) is 14.6. The number of nitrogens with zero attached hydrogens (tertiary/aromatic N) is 4. The number of anilines is 1. The van der Waals surface area contributed by atoms with E-state index in [0.29, 0.717) is 0 Å². The number of pyridine rings is 1. The molecule has 3 heterocycles. The van der Waals surface area contributed by atoms with Crippen LogP contribution in [0.15, 0.2) is 55.1 Å². The number of carbonyl (C=O) groups is 1. The molecule has 0 bridgehead atoms. The normalized spacial score (nSPS) is 15.6. The number of amides is 1. The molecule has 0 aliphatic carbocycles. The van der Waals surface area contributed by atoms with Crippen molar-refractivity contribution in [2.24, 2.45) is 0 Å². The molecule has 0 spiro atoms. The van der Waals surface area contributed by atoms with E-state index in [4.69, 9.17) is 0 Å². The van der Waals surface area contributed by atoms with E-state index in [9.17, 15) is 4.79 Å². The van der Waals surface area contributed by atoms with Crippen molar-refractivity contribution in [3.05, 3.63) is 60.7 Å². The number of carbonyl (C=O) groups excluding carboxylic acids is 1. The Labute approximate surface area is 140 Å². The molecule has 4 rings (SSSR count). The van der Waals surface area contributed by atoms with Crippen LogP contribution in [0.3, 0.4) is 0 Å². The molecule has 1 aromatic carbocycles. The molecule has 0 N–H and O–H groups in total. The van der Waals surface area contributed by atoms with Crippen LogP contribution in [-0.4, -0.2) is 27.7 Å². The molecule has 5 heteroatoms. The van der Waals surface area contributed by atoms with Gasteiger partial charge in [-0.3, -0.25) is 9.78 Å². The van der Waals surface area contributed by atoms with Gasteiger partial charge in [0.15, 0.2) is 0 Å². The molecule has 24 heavy (non-hydrogen) atoms. The maximum Gasteiger partial charge on any atom is 0.236 e. The van der Waals surface area contributed by atoms with Crippen molar-refractivity contribution in [3.63, 3.8) is 0 Å². The van der Waals surface area contributed by atoms with Gasteiger partial charge in [0.05, 0.1) is 23.5 Å². The molecular weight excluding hydrogens is 300 g/mol. The van der Waals surface area contributed by atoms with Crippen molar-refractivity contribution >= 4 is 11.6 Å². The molecule has 120 valence electrons. The zero-order valence-electron chi connectivity index (χ0n) is 13.9. The van der Waals surface area contributed by atoms with Crippen LogP contribution in [0.1, 0.15) is 19.4 Å². The van der Waals surface area contributed by atoms with E-state index in [1.165, 1.54) is 0 Å². The molecule has 0 atom stereocenters. The molecule has 2 aromatic heterocycles. The zero-order valence-corrected chi connectivity index (χ0v) is 13.9. The first-order chi connectivity index (χ1) is 11.5. The lowest BCUT2D eigenvalue weighted by atomic mass is 9.85. The minimum Gasteiger partial charge on any atom is -0.314 e. The third-order valence-corrected chi connectivity index (χ3v) is 4.70. The van der Waals surface area contributed by atoms with Crippen molar-refractivity contribution in [1.82, 2.24) is 14.8 Å². The van der Waals surface area contributed by atoms with Crippen LogP contribution < -0.4 is 4.90 Å². The second kappa shape index (κ2) is 5.03. The van der Waals surface area contributed by atoms with Gasteiger partial charge in [-0.1, -0.05) is 12.1 Å². The lowest BCUT2D eigenvalue weighted by molar-refractivity contribution is -0.121. The Balaban J connectivity index is 1.75. The molecular formula is C19H18N4O. The smallest absolute Gasteiger partial charge is 0.236 e. The highest BCUT2D eigenvalue weighted by atomic mass is 16.2. The van der Waals surface area contributed by atoms with Crippen LogP contribution >= 0.6 is 0 Å². The number of benzene rings is 1. The van der Waals surface area contributed by atoms with Gasteiger partial charge in [0, 0.05) is 30.7 Å². The van der Waals surface area contributed by atoms with Crippen LogP contribution in [0.25, 0.3) is 16.8 Å². The first-order valence-corrected chi connectivity index (χ1v) is 7.86. The minimum atomic E-state index is -0.470. The Hall–Kier alpha value is -2.95. The maximum absolute atomic E-state index is 12.4. The van der Waals surface area contributed by atoms with Gasteiger partial charge < -0.3 is 4.90 Å². The van der Waals surface area contributed by atoms with E-state index in [2.05, 4.69) is 22.2 Å². The number of hydrogen-bond acceptors (Lipinski definition) is 3. The molecule has 1 amide bonds. The van der Waals surface area contributed by atoms with Gasteiger partial charge >= 0.3 is 0 Å². The minimum absolute atomic E-state index is 0.126. The average molecular weight is 318 g/mol. The van der Waals surface area contributed by atoms with Crippen LogP contribution in [-0.2, 0) is 10.2 Å². The fraction of sp³-hybridized carbons (Fsp3) is 0.211. The molecule has 0 fully saturated rings. The highest BCUT2D eigenvalue weighted by molar-refractivity contribution is 6.07. The fourth-order valence-electron chi connectivity index (χ4n) is 3.26. The first-order valence-electron chi connectivity index (χ1n) is 7.86. The number of fused-ring (bicyclic) bond motifs is 1. The van der Waals surface area contributed by atoms with Gasteiger partial charge in [-0.05, 0) is 43.2 Å². The van der Waals surface area contributed by atoms with E-state index in [-0.39, 0.29) is 5.91 Å². The van der Waals surface area contributed by atoms with E-state index in [1.807, 2.05) is 51.5 Å². The molecule has 0 saturated heterocycles. The third-order valence-electron chi connectivity index (χ3n) is 4.70. The largest absolute Gasteiger partial charge is 0.314 e. The predicted molar refractivity (Wildman–Crippen MR) is 93.2 cm³/mol. The third kappa shape index (κ3) is 2.05. The molecule has 0 radical (unpaired) electrons. The van der Waals surface area contributed by atoms with Crippen molar-refractivity contribution in [1.29, 1.82) is 0 Å². The summed E-state index contributed by atoms with van der Waals surface area (Å²) in [6, 6.07) is 10.0. The summed E-state index contributed by atoms with van der Waals surface area (Å²) in [5.41, 5.74) is 4.53. The summed E-state index contributed by atoms with van der Waals surface area (Å²) < 4.78 is 1.80. The summed E-state index contributed by atoms with van der Waals surface area (Å²) >= 11 is 0. The Morgan fingerprint density at radius 2 is 1.92 bits per heavy atom. The SMILES string of the molecule is CN1C(=O)C(C)(C)c2ccc(-c3cnn(-c4cccnc4)c3)cc21. The fourth-order valence-corrected chi connectivity index (χ4v) is 3.26. The Morgan fingerprint density at radius 1 is 1.08 bits per heavy atom. The number of aromatic nitrogens is 3. The Morgan fingerprint density at radius 3 is 2.67 bits per heavy atom. The topological polar surface area (TPSA) is 51.0 Å². The summed E-state index contributed by atoms with van der Waals surface area (Å²) in [6.07, 6.45) is 7.31. The summed E-state index contributed by atoms with van der Waals surface area (Å²) in [4.78, 5) is 18.3. The van der Waals surface area contributed by atoms with E-state index >= 15 is 0 Å². The second-order valence-corrected chi connectivity index (χ2v) is 6.61. The quantitative estimate of drug-likeness (QED) is 0.729. The second-order valence-electron chi connectivity index (χ2n) is 6.61. The van der Waals surface area contributed by atoms with Crippen molar-refractivity contribution in [2.75, 3.05) is 11.9 Å². The average Bonchev–Trinajstić information content (AvgIpc) is 3.16. The molecule has 3 aromatic rings. The van der Waals surface area contributed by atoms with Crippen molar-refractivity contribution < 1.29 is 4.79 Å². The predicted octanol–water partition coefficient (Wildman–Crippen LogP) is 3.19. The number of likely N-dealkylation sites (N-methyl/N-ethyl adjacent to an activating group) is 1. The summed E-state index contributed by atoms with van der Waals surface area (Å²) in [7, 11) is 1.83. The maximum atomic E-state index is 12.4. The van der Waals surface area contributed by atoms with Gasteiger partial charge in [-0.25, -0.2) is 4.68 Å². The van der Waals surface area contributed by atoms with Crippen LogP contribution in [0.2, 0.25) is 0 Å². The van der Waals surface area contributed by atoms with E-state index in [0.717, 1.165) is 28.1 Å². The highest BCUT2D eigenvalue weighted by Gasteiger charge is 2.42. The summed E-state index contributed by atoms with van der Waals surface area (Å²) in [5.74, 6) is 0.126. The van der Waals surface area contributed by atoms with Crippen molar-refractivity contribution in [2.45, 2.75) is 19.3 Å². The van der Waals surface area contributed by atoms with E-state index in [1.54, 1.807) is 22.0 Å². The number of rotatable bonds is 2. The van der Waals surface area contributed by atoms with Crippen LogP contribution in [0, 0.1) is 0 Å². The van der Waals surface area contributed by atoms with Gasteiger partial charge in [0.1, 0.15) is 0 Å². The monoisotopic (exact) mass is 318 g/mol. The Kier molecular flexibility index (Phi) is 3.06. The summed E-state index contributed by atoms with van der Waals surface area (Å²) in [6.45, 7) is 3.94. The van der Waals surface area contributed by atoms with Gasteiger partial charge in [0.25, 0.3) is 0 Å². The van der Waals surface area contributed by atoms with Crippen LogP contribution in [0.4, 0.5) is 5.69 Å². The van der Waals surface area contributed by atoms with Gasteiger partial charge in [-0.15, -0.1) is 0 Å². The summed E-state index contributed by atoms with van der Waals surface area (Å²) in [5, 5.41) is 4.42. The molecule has 0 saturated carbocycles. The number of hydrogen-bond donors (Lipinski definition) is 0. The standard InChI is InChI=1S/C19H18N4O/c1-19(2)16-7-6-13(9-17(16)22(3)18(19)24)14-10-21-23(12-14)15-5-4-8-20-11-15/h4-12H,1-3H3.